The number of rotatable bonds is 3. The number of nitrogens with one attached hydrogen (secondary N) is 1. The smallest absolute Gasteiger partial charge is 0.253 e. The largest absolute Gasteiger partial charge is 0.398 e. The highest BCUT2D eigenvalue weighted by molar-refractivity contribution is 5.95. The number of anilines is 1. The maximum absolute atomic E-state index is 12.2. The average molecular weight is 244 g/mol. The van der Waals surface area contributed by atoms with E-state index < -0.39 is 0 Å². The van der Waals surface area contributed by atoms with Gasteiger partial charge in [0.1, 0.15) is 0 Å². The molecule has 5 heteroatoms. The van der Waals surface area contributed by atoms with Crippen molar-refractivity contribution in [3.05, 3.63) is 47.3 Å². The van der Waals surface area contributed by atoms with Gasteiger partial charge in [-0.25, -0.2) is 0 Å². The molecule has 0 atom stereocenters. The van der Waals surface area contributed by atoms with Gasteiger partial charge in [-0.2, -0.15) is 5.10 Å². The zero-order valence-electron chi connectivity index (χ0n) is 10.5. The third-order valence-electron chi connectivity index (χ3n) is 2.85. The molecule has 1 aromatic carbocycles. The first-order valence-electron chi connectivity index (χ1n) is 5.67. The number of aromatic nitrogens is 2. The highest BCUT2D eigenvalue weighted by Crippen LogP contribution is 2.15. The van der Waals surface area contributed by atoms with Crippen LogP contribution in [0.5, 0.6) is 0 Å². The Morgan fingerprint density at radius 2 is 2.28 bits per heavy atom. The molecule has 0 spiro atoms. The van der Waals surface area contributed by atoms with Crippen molar-refractivity contribution in [3.63, 3.8) is 0 Å². The zero-order chi connectivity index (χ0) is 13.1. The number of nitrogen functional groups attached to an aromatic ring is 1. The van der Waals surface area contributed by atoms with Crippen molar-refractivity contribution in [3.8, 4) is 0 Å². The number of aryl methyl sites for hydroxylation is 1. The van der Waals surface area contributed by atoms with Crippen LogP contribution >= 0.6 is 0 Å². The number of nitrogens with zero attached hydrogens (tertiary/aromatic N) is 2. The molecule has 0 fully saturated rings. The van der Waals surface area contributed by atoms with Crippen LogP contribution in [-0.4, -0.2) is 28.1 Å². The number of amides is 1. The molecule has 0 aliphatic rings. The maximum Gasteiger partial charge on any atom is 0.253 e. The second-order valence-corrected chi connectivity index (χ2v) is 4.34. The van der Waals surface area contributed by atoms with Gasteiger partial charge in [-0.1, -0.05) is 6.07 Å². The molecule has 2 rings (SSSR count). The second kappa shape index (κ2) is 4.91. The molecule has 0 unspecified atom stereocenters. The van der Waals surface area contributed by atoms with Crippen LogP contribution < -0.4 is 5.73 Å². The van der Waals surface area contributed by atoms with Crippen LogP contribution in [0.25, 0.3) is 0 Å². The summed E-state index contributed by atoms with van der Waals surface area (Å²) in [5, 5.41) is 6.57. The molecular formula is C13H16N4O. The van der Waals surface area contributed by atoms with Gasteiger partial charge in [0.15, 0.2) is 0 Å². The fourth-order valence-corrected chi connectivity index (χ4v) is 1.70. The predicted octanol–water partition coefficient (Wildman–Crippen LogP) is 1.57. The minimum Gasteiger partial charge on any atom is -0.398 e. The normalized spacial score (nSPS) is 10.3. The molecule has 2 aromatic rings. The lowest BCUT2D eigenvalue weighted by Gasteiger charge is -2.16. The summed E-state index contributed by atoms with van der Waals surface area (Å²) in [5.41, 5.74) is 8.99. The summed E-state index contributed by atoms with van der Waals surface area (Å²) in [5.74, 6) is -0.0529. The number of hydrogen-bond donors (Lipinski definition) is 2. The van der Waals surface area contributed by atoms with Crippen molar-refractivity contribution in [1.29, 1.82) is 0 Å². The maximum atomic E-state index is 12.2. The molecule has 1 aromatic heterocycles. The summed E-state index contributed by atoms with van der Waals surface area (Å²) < 4.78 is 0. The van der Waals surface area contributed by atoms with Gasteiger partial charge in [0.2, 0.25) is 0 Å². The van der Waals surface area contributed by atoms with Gasteiger partial charge in [-0.05, 0) is 24.6 Å². The van der Waals surface area contributed by atoms with Gasteiger partial charge < -0.3 is 10.6 Å². The van der Waals surface area contributed by atoms with Gasteiger partial charge in [-0.15, -0.1) is 0 Å². The summed E-state index contributed by atoms with van der Waals surface area (Å²) >= 11 is 0. The van der Waals surface area contributed by atoms with Crippen LogP contribution in [-0.2, 0) is 6.54 Å². The molecule has 0 aliphatic carbocycles. The Hall–Kier alpha value is -2.30. The topological polar surface area (TPSA) is 75.0 Å². The first-order chi connectivity index (χ1) is 8.58. The van der Waals surface area contributed by atoms with Crippen LogP contribution in [0.2, 0.25) is 0 Å². The van der Waals surface area contributed by atoms with Crippen molar-refractivity contribution in [1.82, 2.24) is 15.1 Å². The predicted molar refractivity (Wildman–Crippen MR) is 70.0 cm³/mol. The van der Waals surface area contributed by atoms with Gasteiger partial charge >= 0.3 is 0 Å². The monoisotopic (exact) mass is 244 g/mol. The minimum atomic E-state index is -0.0529. The Bertz CT molecular complexity index is 548. The van der Waals surface area contributed by atoms with Crippen molar-refractivity contribution in [2.45, 2.75) is 13.5 Å². The molecule has 18 heavy (non-hydrogen) atoms. The molecule has 0 radical (unpaired) electrons. The number of H-pyrrole nitrogens is 1. The van der Waals surface area contributed by atoms with Gasteiger partial charge in [0.05, 0.1) is 6.20 Å². The number of hydrogen-bond acceptors (Lipinski definition) is 3. The van der Waals surface area contributed by atoms with E-state index in [-0.39, 0.29) is 5.91 Å². The van der Waals surface area contributed by atoms with E-state index in [9.17, 15) is 4.79 Å². The summed E-state index contributed by atoms with van der Waals surface area (Å²) in [7, 11) is 1.76. The number of benzene rings is 1. The summed E-state index contributed by atoms with van der Waals surface area (Å²) in [4.78, 5) is 13.8. The lowest BCUT2D eigenvalue weighted by atomic mass is 10.1. The van der Waals surface area contributed by atoms with Crippen LogP contribution in [0.3, 0.4) is 0 Å². The average Bonchev–Trinajstić information content (AvgIpc) is 2.84. The third-order valence-corrected chi connectivity index (χ3v) is 2.85. The van der Waals surface area contributed by atoms with Crippen molar-refractivity contribution in [2.75, 3.05) is 12.8 Å². The van der Waals surface area contributed by atoms with E-state index in [2.05, 4.69) is 10.2 Å². The lowest BCUT2D eigenvalue weighted by molar-refractivity contribution is 0.0785. The van der Waals surface area contributed by atoms with Crippen LogP contribution in [0.15, 0.2) is 30.6 Å². The van der Waals surface area contributed by atoms with Gasteiger partial charge in [0.25, 0.3) is 5.91 Å². The molecule has 3 N–H and O–H groups in total. The standard InChI is InChI=1S/C13H16N4O/c1-9-3-4-11(5-12(9)14)13(18)17(2)8-10-6-15-16-7-10/h3-7H,8,14H2,1-2H3,(H,15,16). The molecule has 1 heterocycles. The number of carbonyl (C=O) groups is 1. The Balaban J connectivity index is 2.12. The zero-order valence-corrected chi connectivity index (χ0v) is 10.5. The summed E-state index contributed by atoms with van der Waals surface area (Å²) in [6.45, 7) is 2.43. The van der Waals surface area contributed by atoms with E-state index in [4.69, 9.17) is 5.73 Å². The van der Waals surface area contributed by atoms with Crippen LogP contribution in [0, 0.1) is 6.92 Å². The Morgan fingerprint density at radius 1 is 1.50 bits per heavy atom. The quantitative estimate of drug-likeness (QED) is 0.805. The number of aromatic amines is 1. The molecule has 5 nitrogen and oxygen atoms in total. The highest BCUT2D eigenvalue weighted by atomic mass is 16.2. The fraction of sp³-hybridized carbons (Fsp3) is 0.231. The first-order valence-corrected chi connectivity index (χ1v) is 5.67. The van der Waals surface area contributed by atoms with Crippen molar-refractivity contribution < 1.29 is 4.79 Å². The van der Waals surface area contributed by atoms with Crippen LogP contribution in [0.1, 0.15) is 21.5 Å². The summed E-state index contributed by atoms with van der Waals surface area (Å²) in [6, 6.07) is 5.36. The molecule has 0 bridgehead atoms. The fourth-order valence-electron chi connectivity index (χ4n) is 1.70. The number of nitrogens with two attached hydrogens (primary N) is 1. The van der Waals surface area contributed by atoms with E-state index in [0.29, 0.717) is 17.8 Å². The van der Waals surface area contributed by atoms with E-state index >= 15 is 0 Å². The number of carbonyl (C=O) groups excluding carboxylic acids is 1. The van der Waals surface area contributed by atoms with E-state index in [1.165, 1.54) is 0 Å². The highest BCUT2D eigenvalue weighted by Gasteiger charge is 2.13. The lowest BCUT2D eigenvalue weighted by Crippen LogP contribution is -2.26. The molecule has 0 aliphatic heterocycles. The molecular weight excluding hydrogens is 228 g/mol. The van der Waals surface area contributed by atoms with E-state index in [1.54, 1.807) is 36.5 Å². The Kier molecular flexibility index (Phi) is 3.32. The van der Waals surface area contributed by atoms with Crippen molar-refractivity contribution in [2.24, 2.45) is 0 Å². The van der Waals surface area contributed by atoms with E-state index in [0.717, 1.165) is 11.1 Å². The Morgan fingerprint density at radius 3 is 2.89 bits per heavy atom. The van der Waals surface area contributed by atoms with Gasteiger partial charge in [0, 0.05) is 36.6 Å². The molecule has 1 amide bonds. The minimum absolute atomic E-state index is 0.0529. The molecule has 0 saturated heterocycles. The van der Waals surface area contributed by atoms with Crippen LogP contribution in [0.4, 0.5) is 5.69 Å². The second-order valence-electron chi connectivity index (χ2n) is 4.34. The SMILES string of the molecule is Cc1ccc(C(=O)N(C)Cc2cn[nH]c2)cc1N. The third kappa shape index (κ3) is 2.51. The summed E-state index contributed by atoms with van der Waals surface area (Å²) in [6.07, 6.45) is 3.47. The van der Waals surface area contributed by atoms with E-state index in [1.807, 2.05) is 13.0 Å². The molecule has 0 saturated carbocycles. The van der Waals surface area contributed by atoms with Crippen molar-refractivity contribution >= 4 is 11.6 Å². The Labute approximate surface area is 106 Å². The van der Waals surface area contributed by atoms with Gasteiger partial charge in [-0.3, -0.25) is 9.89 Å². The molecule has 94 valence electrons. The first kappa shape index (κ1) is 12.2.